The van der Waals surface area contributed by atoms with Crippen LogP contribution in [0, 0.1) is 0 Å². The molecule has 1 aromatic rings. The smallest absolute Gasteiger partial charge is 0.278 e. The molecule has 7 nitrogen and oxygen atoms in total. The third-order valence-electron chi connectivity index (χ3n) is 6.05. The van der Waals surface area contributed by atoms with E-state index in [1.807, 2.05) is 36.9 Å². The quantitative estimate of drug-likeness (QED) is 0.685. The van der Waals surface area contributed by atoms with Gasteiger partial charge in [-0.05, 0) is 31.9 Å². The van der Waals surface area contributed by atoms with E-state index in [1.54, 1.807) is 6.07 Å². The molecule has 0 unspecified atom stereocenters. The van der Waals surface area contributed by atoms with E-state index in [-0.39, 0.29) is 35.2 Å². The summed E-state index contributed by atoms with van der Waals surface area (Å²) in [5, 5.41) is 10.0. The number of phenols is 1. The standard InChI is InChI=1S/C20H31N3O4S/c1-3-16(2)23(17-8-13-28(26,27)15-17)20(25)14-21-9-11-22(12-10-21)18-6-4-5-7-19(18)24/h4-7,16-17,24H,3,8-15H2,1-2H3/p+1/t16-,17-/m0/s1. The molecule has 2 N–H and O–H groups in total. The van der Waals surface area contributed by atoms with Gasteiger partial charge in [0, 0.05) is 12.1 Å². The van der Waals surface area contributed by atoms with E-state index >= 15 is 0 Å². The number of sulfone groups is 1. The first-order chi connectivity index (χ1) is 13.3. The Morgan fingerprint density at radius 1 is 1.32 bits per heavy atom. The van der Waals surface area contributed by atoms with Crippen molar-refractivity contribution in [3.8, 4) is 5.75 Å². The molecule has 2 atom stereocenters. The molecule has 2 heterocycles. The minimum absolute atomic E-state index is 0.0488. The third kappa shape index (κ3) is 4.78. The van der Waals surface area contributed by atoms with Crippen molar-refractivity contribution in [2.24, 2.45) is 0 Å². The normalized spacial score (nSPS) is 23.5. The lowest BCUT2D eigenvalue weighted by Crippen LogP contribution is -3.16. The lowest BCUT2D eigenvalue weighted by molar-refractivity contribution is -0.892. The molecular formula is C20H32N3O4S+. The molecule has 0 aliphatic carbocycles. The number of rotatable bonds is 6. The van der Waals surface area contributed by atoms with Crippen molar-refractivity contribution >= 4 is 21.4 Å². The zero-order valence-electron chi connectivity index (χ0n) is 16.8. The van der Waals surface area contributed by atoms with Gasteiger partial charge >= 0.3 is 0 Å². The van der Waals surface area contributed by atoms with Crippen LogP contribution in [0.15, 0.2) is 24.3 Å². The SMILES string of the molecule is CC[C@H](C)N(C(=O)C[NH+]1CCN(c2ccccc2O)CC1)[C@H]1CCS(=O)(=O)C1. The molecule has 2 aliphatic heterocycles. The Morgan fingerprint density at radius 3 is 2.57 bits per heavy atom. The van der Waals surface area contributed by atoms with Gasteiger partial charge in [0.1, 0.15) is 5.75 Å². The zero-order chi connectivity index (χ0) is 20.3. The molecule has 2 saturated heterocycles. The van der Waals surface area contributed by atoms with Crippen LogP contribution < -0.4 is 9.80 Å². The molecule has 0 spiro atoms. The number of hydrogen-bond donors (Lipinski definition) is 2. The maximum absolute atomic E-state index is 13.1. The maximum Gasteiger partial charge on any atom is 0.278 e. The number of piperazine rings is 1. The molecular weight excluding hydrogens is 378 g/mol. The predicted octanol–water partition coefficient (Wildman–Crippen LogP) is -0.0887. The van der Waals surface area contributed by atoms with Gasteiger partial charge in [-0.15, -0.1) is 0 Å². The van der Waals surface area contributed by atoms with E-state index in [0.717, 1.165) is 38.3 Å². The Labute approximate surface area is 167 Å². The number of hydrogen-bond acceptors (Lipinski definition) is 5. The number of nitrogens with zero attached hydrogens (tertiary/aromatic N) is 2. The fourth-order valence-electron chi connectivity index (χ4n) is 4.28. The summed E-state index contributed by atoms with van der Waals surface area (Å²) in [6, 6.07) is 7.19. The van der Waals surface area contributed by atoms with Crippen LogP contribution in [0.3, 0.4) is 0 Å². The monoisotopic (exact) mass is 410 g/mol. The molecule has 0 aromatic heterocycles. The van der Waals surface area contributed by atoms with E-state index in [4.69, 9.17) is 0 Å². The molecule has 2 aliphatic rings. The van der Waals surface area contributed by atoms with Crippen LogP contribution in [0.1, 0.15) is 26.7 Å². The highest BCUT2D eigenvalue weighted by Crippen LogP contribution is 2.26. The van der Waals surface area contributed by atoms with Crippen molar-refractivity contribution in [1.82, 2.24) is 4.90 Å². The maximum atomic E-state index is 13.1. The molecule has 1 amide bonds. The third-order valence-corrected chi connectivity index (χ3v) is 7.80. The second-order valence-electron chi connectivity index (χ2n) is 8.02. The van der Waals surface area contributed by atoms with Gasteiger partial charge in [0.2, 0.25) is 0 Å². The Morgan fingerprint density at radius 2 is 2.00 bits per heavy atom. The second-order valence-corrected chi connectivity index (χ2v) is 10.2. The Balaban J connectivity index is 1.59. The lowest BCUT2D eigenvalue weighted by atomic mass is 10.1. The number of nitrogens with one attached hydrogen (secondary N) is 1. The lowest BCUT2D eigenvalue weighted by Gasteiger charge is -2.37. The van der Waals surface area contributed by atoms with Gasteiger partial charge in [0.25, 0.3) is 5.91 Å². The molecule has 3 rings (SSSR count). The molecule has 0 saturated carbocycles. The summed E-state index contributed by atoms with van der Waals surface area (Å²) in [5.41, 5.74) is 0.838. The molecule has 28 heavy (non-hydrogen) atoms. The van der Waals surface area contributed by atoms with E-state index in [0.29, 0.717) is 13.0 Å². The number of aromatic hydroxyl groups is 1. The van der Waals surface area contributed by atoms with Crippen LogP contribution >= 0.6 is 0 Å². The molecule has 0 radical (unpaired) electrons. The van der Waals surface area contributed by atoms with E-state index in [1.165, 1.54) is 4.90 Å². The summed E-state index contributed by atoms with van der Waals surface area (Å²) in [5.74, 6) is 0.624. The Hall–Kier alpha value is -1.80. The summed E-state index contributed by atoms with van der Waals surface area (Å²) < 4.78 is 23.8. The summed E-state index contributed by atoms with van der Waals surface area (Å²) >= 11 is 0. The van der Waals surface area contributed by atoms with Crippen molar-refractivity contribution in [2.75, 3.05) is 49.1 Å². The highest BCUT2D eigenvalue weighted by molar-refractivity contribution is 7.91. The van der Waals surface area contributed by atoms with Crippen molar-refractivity contribution < 1.29 is 23.2 Å². The van der Waals surface area contributed by atoms with Crippen LogP contribution in [0.25, 0.3) is 0 Å². The molecule has 8 heteroatoms. The van der Waals surface area contributed by atoms with E-state index in [2.05, 4.69) is 4.90 Å². The fourth-order valence-corrected chi connectivity index (χ4v) is 5.99. The van der Waals surface area contributed by atoms with Crippen LogP contribution in [0.2, 0.25) is 0 Å². The van der Waals surface area contributed by atoms with Crippen LogP contribution in [0.4, 0.5) is 5.69 Å². The average molecular weight is 411 g/mol. The molecule has 1 aromatic carbocycles. The summed E-state index contributed by atoms with van der Waals surface area (Å²) in [7, 11) is -3.02. The highest BCUT2D eigenvalue weighted by atomic mass is 32.2. The number of phenolic OH excluding ortho intramolecular Hbond substituents is 1. The number of carbonyl (C=O) groups is 1. The van der Waals surface area contributed by atoms with Gasteiger partial charge in [-0.1, -0.05) is 19.1 Å². The predicted molar refractivity (Wildman–Crippen MR) is 110 cm³/mol. The first kappa shape index (κ1) is 20.9. The largest absolute Gasteiger partial charge is 0.506 e. The van der Waals surface area contributed by atoms with Crippen molar-refractivity contribution in [3.05, 3.63) is 24.3 Å². The molecule has 156 valence electrons. The van der Waals surface area contributed by atoms with Gasteiger partial charge in [-0.3, -0.25) is 4.79 Å². The van der Waals surface area contributed by atoms with Gasteiger partial charge in [-0.2, -0.15) is 0 Å². The highest BCUT2D eigenvalue weighted by Gasteiger charge is 2.38. The van der Waals surface area contributed by atoms with Gasteiger partial charge in [-0.25, -0.2) is 8.42 Å². The number of quaternary nitrogens is 1. The van der Waals surface area contributed by atoms with Crippen LogP contribution in [-0.4, -0.2) is 80.6 Å². The number of amides is 1. The van der Waals surface area contributed by atoms with Gasteiger partial charge in [0.15, 0.2) is 16.4 Å². The first-order valence-corrected chi connectivity index (χ1v) is 12.0. The first-order valence-electron chi connectivity index (χ1n) is 10.2. The summed E-state index contributed by atoms with van der Waals surface area (Å²) in [6.07, 6.45) is 1.37. The minimum atomic E-state index is -3.02. The van der Waals surface area contributed by atoms with Gasteiger partial charge in [0.05, 0.1) is 43.4 Å². The van der Waals surface area contributed by atoms with Gasteiger partial charge < -0.3 is 19.8 Å². The van der Waals surface area contributed by atoms with Crippen molar-refractivity contribution in [1.29, 1.82) is 0 Å². The van der Waals surface area contributed by atoms with Crippen LogP contribution in [0.5, 0.6) is 5.75 Å². The molecule has 2 fully saturated rings. The van der Waals surface area contributed by atoms with Crippen molar-refractivity contribution in [3.63, 3.8) is 0 Å². The number of anilines is 1. The summed E-state index contributed by atoms with van der Waals surface area (Å²) in [6.45, 7) is 7.63. The average Bonchev–Trinajstić information content (AvgIpc) is 3.02. The number of carbonyl (C=O) groups excluding carboxylic acids is 1. The number of benzene rings is 1. The zero-order valence-corrected chi connectivity index (χ0v) is 17.6. The topological polar surface area (TPSA) is 82.4 Å². The van der Waals surface area contributed by atoms with E-state index in [9.17, 15) is 18.3 Å². The van der Waals surface area contributed by atoms with Crippen molar-refractivity contribution in [2.45, 2.75) is 38.8 Å². The van der Waals surface area contributed by atoms with E-state index < -0.39 is 9.84 Å². The molecule has 0 bridgehead atoms. The minimum Gasteiger partial charge on any atom is -0.506 e. The number of para-hydroxylation sites is 2. The fraction of sp³-hybridized carbons (Fsp3) is 0.650. The Kier molecular flexibility index (Phi) is 6.50. The summed E-state index contributed by atoms with van der Waals surface area (Å²) in [4.78, 5) is 18.3. The second kappa shape index (κ2) is 8.69. The van der Waals surface area contributed by atoms with Crippen LogP contribution in [-0.2, 0) is 14.6 Å². The Bertz CT molecular complexity index is 790.